The smallest absolute Gasteiger partial charge is 0.291 e. The number of likely N-dealkylation sites (tertiary alicyclic amines) is 1. The molecule has 5 rings (SSSR count). The highest BCUT2D eigenvalue weighted by molar-refractivity contribution is 6.04. The molecule has 1 aromatic heterocycles. The van der Waals surface area contributed by atoms with Crippen molar-refractivity contribution in [3.05, 3.63) is 102 Å². The summed E-state index contributed by atoms with van der Waals surface area (Å²) in [4.78, 5) is 27.4. The van der Waals surface area contributed by atoms with Crippen LogP contribution < -0.4 is 10.6 Å². The molecule has 0 spiro atoms. The molecule has 2 heterocycles. The molecule has 1 fully saturated rings. The van der Waals surface area contributed by atoms with Crippen molar-refractivity contribution in [3.8, 4) is 0 Å². The Bertz CT molecular complexity index is 1310. The van der Waals surface area contributed by atoms with Gasteiger partial charge in [0.15, 0.2) is 5.76 Å². The zero-order chi connectivity index (χ0) is 24.9. The molecule has 0 saturated carbocycles. The van der Waals surface area contributed by atoms with Crippen LogP contribution in [0.4, 0.5) is 10.1 Å². The van der Waals surface area contributed by atoms with Gasteiger partial charge in [0.2, 0.25) is 5.91 Å². The highest BCUT2D eigenvalue weighted by Gasteiger charge is 2.21. The quantitative estimate of drug-likeness (QED) is 0.380. The van der Waals surface area contributed by atoms with E-state index in [9.17, 15) is 14.0 Å². The van der Waals surface area contributed by atoms with Gasteiger partial charge in [0.05, 0.1) is 6.42 Å². The van der Waals surface area contributed by atoms with Crippen molar-refractivity contribution in [2.45, 2.75) is 31.8 Å². The lowest BCUT2D eigenvalue weighted by molar-refractivity contribution is -0.121. The minimum Gasteiger partial charge on any atom is -0.451 e. The van der Waals surface area contributed by atoms with Gasteiger partial charge in [0.25, 0.3) is 5.91 Å². The lowest BCUT2D eigenvalue weighted by atomic mass is 10.0. The van der Waals surface area contributed by atoms with Crippen molar-refractivity contribution in [2.75, 3.05) is 18.4 Å². The number of halogens is 1. The van der Waals surface area contributed by atoms with Gasteiger partial charge in [-0.2, -0.15) is 0 Å². The predicted octanol–water partition coefficient (Wildman–Crippen LogP) is 5.15. The number of carbonyl (C=O) groups excluding carboxylic acids is 2. The van der Waals surface area contributed by atoms with Crippen molar-refractivity contribution in [1.29, 1.82) is 0 Å². The van der Waals surface area contributed by atoms with E-state index < -0.39 is 0 Å². The fourth-order valence-corrected chi connectivity index (χ4v) is 4.54. The third-order valence-electron chi connectivity index (χ3n) is 6.50. The largest absolute Gasteiger partial charge is 0.451 e. The van der Waals surface area contributed by atoms with Crippen LogP contribution in [-0.2, 0) is 17.8 Å². The van der Waals surface area contributed by atoms with E-state index in [0.717, 1.165) is 49.0 Å². The van der Waals surface area contributed by atoms with Crippen molar-refractivity contribution in [2.24, 2.45) is 0 Å². The van der Waals surface area contributed by atoms with Crippen molar-refractivity contribution >= 4 is 28.5 Å². The second-order valence-electron chi connectivity index (χ2n) is 9.22. The molecule has 2 N–H and O–H groups in total. The van der Waals surface area contributed by atoms with Crippen molar-refractivity contribution in [1.82, 2.24) is 10.2 Å². The first-order valence-electron chi connectivity index (χ1n) is 12.2. The predicted molar refractivity (Wildman–Crippen MR) is 137 cm³/mol. The van der Waals surface area contributed by atoms with Crippen LogP contribution in [0.15, 0.2) is 83.3 Å². The molecular weight excluding hydrogens is 457 g/mol. The number of benzene rings is 3. The molecule has 0 radical (unpaired) electrons. The third kappa shape index (κ3) is 5.98. The highest BCUT2D eigenvalue weighted by atomic mass is 19.1. The standard InChI is InChI=1S/C29H28FN3O3/c30-23-9-5-21(6-10-23)19-33-15-13-25(14-16-33)31-28(34)17-20-7-11-24(12-8-20)32-29(35)27-18-22-3-1-2-4-26(22)36-27/h1-12,18,25H,13-17,19H2,(H,31,34)(H,32,35). The molecule has 0 unspecified atom stereocenters. The first-order chi connectivity index (χ1) is 17.5. The van der Waals surface area contributed by atoms with E-state index in [1.807, 2.05) is 48.5 Å². The van der Waals surface area contributed by atoms with E-state index >= 15 is 0 Å². The SMILES string of the molecule is O=C(Cc1ccc(NC(=O)c2cc3ccccc3o2)cc1)NC1CCN(Cc2ccc(F)cc2)CC1. The number of anilines is 1. The number of para-hydroxylation sites is 1. The molecule has 1 aliphatic heterocycles. The number of nitrogens with one attached hydrogen (secondary N) is 2. The molecule has 1 aliphatic rings. The summed E-state index contributed by atoms with van der Waals surface area (Å²) in [7, 11) is 0. The summed E-state index contributed by atoms with van der Waals surface area (Å²) in [5, 5.41) is 6.85. The second kappa shape index (κ2) is 10.7. The Morgan fingerprint density at radius 3 is 2.33 bits per heavy atom. The lowest BCUT2D eigenvalue weighted by Crippen LogP contribution is -2.44. The van der Waals surface area contributed by atoms with Crippen LogP contribution in [0.5, 0.6) is 0 Å². The Morgan fingerprint density at radius 1 is 0.917 bits per heavy atom. The number of hydrogen-bond donors (Lipinski definition) is 2. The Hall–Kier alpha value is -3.97. The minimum atomic E-state index is -0.317. The fraction of sp³-hybridized carbons (Fsp3) is 0.241. The van der Waals surface area contributed by atoms with E-state index in [0.29, 0.717) is 11.3 Å². The lowest BCUT2D eigenvalue weighted by Gasteiger charge is -2.32. The topological polar surface area (TPSA) is 74.6 Å². The number of nitrogens with zero attached hydrogens (tertiary/aromatic N) is 1. The average Bonchev–Trinajstić information content (AvgIpc) is 3.32. The van der Waals surface area contributed by atoms with E-state index in [-0.39, 0.29) is 35.9 Å². The Morgan fingerprint density at radius 2 is 1.61 bits per heavy atom. The van der Waals surface area contributed by atoms with Gasteiger partial charge in [-0.05, 0) is 60.4 Å². The average molecular weight is 486 g/mol. The summed E-state index contributed by atoms with van der Waals surface area (Å²) in [6.07, 6.45) is 2.06. The van der Waals surface area contributed by atoms with Crippen molar-refractivity contribution in [3.63, 3.8) is 0 Å². The first-order valence-corrected chi connectivity index (χ1v) is 12.2. The number of fused-ring (bicyclic) bond motifs is 1. The zero-order valence-electron chi connectivity index (χ0n) is 19.9. The summed E-state index contributed by atoms with van der Waals surface area (Å²) in [6, 6.07) is 23.2. The number of amides is 2. The molecule has 0 atom stereocenters. The third-order valence-corrected chi connectivity index (χ3v) is 6.50. The number of hydrogen-bond acceptors (Lipinski definition) is 4. The Labute approximate surface area is 209 Å². The number of piperidine rings is 1. The van der Waals surface area contributed by atoms with Gasteiger partial charge in [-0.15, -0.1) is 0 Å². The van der Waals surface area contributed by atoms with E-state index in [1.165, 1.54) is 12.1 Å². The van der Waals surface area contributed by atoms with Gasteiger partial charge in [-0.1, -0.05) is 42.5 Å². The Kier molecular flexibility index (Phi) is 7.09. The van der Waals surface area contributed by atoms with Crippen LogP contribution in [-0.4, -0.2) is 35.8 Å². The van der Waals surface area contributed by atoms with E-state index in [1.54, 1.807) is 18.2 Å². The van der Waals surface area contributed by atoms with Crippen LogP contribution >= 0.6 is 0 Å². The molecule has 184 valence electrons. The Balaban J connectivity index is 1.07. The van der Waals surface area contributed by atoms with Crippen molar-refractivity contribution < 1.29 is 18.4 Å². The van der Waals surface area contributed by atoms with E-state index in [2.05, 4.69) is 15.5 Å². The second-order valence-corrected chi connectivity index (χ2v) is 9.22. The molecule has 2 amide bonds. The van der Waals surface area contributed by atoms with Crippen LogP contribution in [0.25, 0.3) is 11.0 Å². The molecule has 3 aromatic carbocycles. The molecular formula is C29H28FN3O3. The van der Waals surface area contributed by atoms with Gasteiger partial charge in [0.1, 0.15) is 11.4 Å². The summed E-state index contributed by atoms with van der Waals surface area (Å²) >= 11 is 0. The van der Waals surface area contributed by atoms with Crippen LogP contribution in [0.2, 0.25) is 0 Å². The molecule has 1 saturated heterocycles. The minimum absolute atomic E-state index is 0.00829. The molecule has 36 heavy (non-hydrogen) atoms. The maximum Gasteiger partial charge on any atom is 0.291 e. The molecule has 7 heteroatoms. The molecule has 0 aliphatic carbocycles. The monoisotopic (exact) mass is 485 g/mol. The zero-order valence-corrected chi connectivity index (χ0v) is 19.9. The van der Waals surface area contributed by atoms with E-state index in [4.69, 9.17) is 4.42 Å². The van der Waals surface area contributed by atoms with Gasteiger partial charge >= 0.3 is 0 Å². The number of furan rings is 1. The van der Waals surface area contributed by atoms with Crippen LogP contribution in [0.3, 0.4) is 0 Å². The number of carbonyl (C=O) groups is 2. The molecule has 4 aromatic rings. The molecule has 0 bridgehead atoms. The maximum absolute atomic E-state index is 13.1. The summed E-state index contributed by atoms with van der Waals surface area (Å²) in [5.41, 5.74) is 3.28. The maximum atomic E-state index is 13.1. The first kappa shape index (κ1) is 23.8. The highest BCUT2D eigenvalue weighted by Crippen LogP contribution is 2.20. The van der Waals surface area contributed by atoms with Gasteiger partial charge in [-0.25, -0.2) is 4.39 Å². The summed E-state index contributed by atoms with van der Waals surface area (Å²) in [6.45, 7) is 2.57. The van der Waals surface area contributed by atoms with Gasteiger partial charge in [-0.3, -0.25) is 14.5 Å². The number of rotatable bonds is 7. The summed E-state index contributed by atoms with van der Waals surface area (Å²) < 4.78 is 18.7. The normalized spacial score (nSPS) is 14.6. The van der Waals surface area contributed by atoms with Crippen LogP contribution in [0.1, 0.15) is 34.5 Å². The molecule has 6 nitrogen and oxygen atoms in total. The van der Waals surface area contributed by atoms with Gasteiger partial charge in [0, 0.05) is 36.7 Å². The van der Waals surface area contributed by atoms with Gasteiger partial charge < -0.3 is 15.1 Å². The van der Waals surface area contributed by atoms with Crippen LogP contribution in [0, 0.1) is 5.82 Å². The summed E-state index contributed by atoms with van der Waals surface area (Å²) in [5.74, 6) is -0.292. The fourth-order valence-electron chi connectivity index (χ4n) is 4.54.